The van der Waals surface area contributed by atoms with Crippen molar-refractivity contribution in [2.75, 3.05) is 6.54 Å². The van der Waals surface area contributed by atoms with Crippen molar-refractivity contribution in [3.8, 4) is 0 Å². The van der Waals surface area contributed by atoms with E-state index in [1.165, 1.54) is 0 Å². The molecule has 0 spiro atoms. The minimum atomic E-state index is -0.879. The standard InChI is InChI=1S/C21H21ClN6O3/c22-15-7-2-1-6-14(15)13-28-20(30)16(24-21(28)31)12-19(29)23-10-5-9-18-26-25-17-8-3-4-11-27(17)18/h1-4,6-8,11,16H,5,9-10,12-13H2,(H,23,29)(H,24,31). The zero-order valence-corrected chi connectivity index (χ0v) is 17.4. The second kappa shape index (κ2) is 9.13. The first-order valence-electron chi connectivity index (χ1n) is 9.93. The van der Waals surface area contributed by atoms with Crippen molar-refractivity contribution in [3.63, 3.8) is 0 Å². The van der Waals surface area contributed by atoms with Gasteiger partial charge in [-0.15, -0.1) is 10.2 Å². The quantitative estimate of drug-likeness (QED) is 0.411. The normalized spacial score (nSPS) is 16.0. The topological polar surface area (TPSA) is 109 Å². The summed E-state index contributed by atoms with van der Waals surface area (Å²) in [5.74, 6) is 0.0812. The number of nitrogens with zero attached hydrogens (tertiary/aromatic N) is 4. The molecule has 3 aromatic rings. The van der Waals surface area contributed by atoms with E-state index in [0.29, 0.717) is 30.0 Å². The van der Waals surface area contributed by atoms with Crippen molar-refractivity contribution in [1.29, 1.82) is 0 Å². The van der Waals surface area contributed by atoms with Crippen molar-refractivity contribution in [2.45, 2.75) is 31.8 Å². The summed E-state index contributed by atoms with van der Waals surface area (Å²) in [4.78, 5) is 38.1. The maximum atomic E-state index is 12.6. The van der Waals surface area contributed by atoms with Crippen LogP contribution in [0.2, 0.25) is 5.02 Å². The van der Waals surface area contributed by atoms with E-state index in [1.807, 2.05) is 28.8 Å². The molecule has 0 radical (unpaired) electrons. The number of aromatic nitrogens is 3. The highest BCUT2D eigenvalue weighted by atomic mass is 35.5. The summed E-state index contributed by atoms with van der Waals surface area (Å²) in [7, 11) is 0. The molecule has 1 aliphatic heterocycles. The van der Waals surface area contributed by atoms with E-state index in [2.05, 4.69) is 20.8 Å². The zero-order valence-electron chi connectivity index (χ0n) is 16.6. The van der Waals surface area contributed by atoms with Gasteiger partial charge < -0.3 is 10.6 Å². The van der Waals surface area contributed by atoms with Gasteiger partial charge in [-0.1, -0.05) is 35.9 Å². The molecule has 1 aliphatic rings. The summed E-state index contributed by atoms with van der Waals surface area (Å²) in [6, 6.07) is 11.3. The number of rotatable bonds is 8. The number of halogens is 1. The predicted octanol–water partition coefficient (Wildman–Crippen LogP) is 1.94. The van der Waals surface area contributed by atoms with Gasteiger partial charge in [-0.2, -0.15) is 0 Å². The molecule has 4 amide bonds. The highest BCUT2D eigenvalue weighted by molar-refractivity contribution is 6.31. The molecule has 1 fully saturated rings. The number of urea groups is 1. The van der Waals surface area contributed by atoms with E-state index in [9.17, 15) is 14.4 Å². The number of imide groups is 1. The van der Waals surface area contributed by atoms with Crippen molar-refractivity contribution in [1.82, 2.24) is 30.1 Å². The largest absolute Gasteiger partial charge is 0.356 e. The van der Waals surface area contributed by atoms with Crippen LogP contribution < -0.4 is 10.6 Å². The van der Waals surface area contributed by atoms with Crippen molar-refractivity contribution in [2.24, 2.45) is 0 Å². The van der Waals surface area contributed by atoms with Crippen LogP contribution in [-0.4, -0.2) is 49.9 Å². The van der Waals surface area contributed by atoms with Gasteiger partial charge >= 0.3 is 6.03 Å². The molecule has 9 nitrogen and oxygen atoms in total. The average molecular weight is 441 g/mol. The monoisotopic (exact) mass is 440 g/mol. The highest BCUT2D eigenvalue weighted by Crippen LogP contribution is 2.20. The van der Waals surface area contributed by atoms with Crippen LogP contribution >= 0.6 is 11.6 Å². The van der Waals surface area contributed by atoms with Crippen molar-refractivity contribution < 1.29 is 14.4 Å². The lowest BCUT2D eigenvalue weighted by Gasteiger charge is -2.14. The number of benzene rings is 1. The molecular weight excluding hydrogens is 420 g/mol. The molecule has 0 aliphatic carbocycles. The first-order valence-corrected chi connectivity index (χ1v) is 10.3. The van der Waals surface area contributed by atoms with Gasteiger partial charge in [0.15, 0.2) is 5.65 Å². The van der Waals surface area contributed by atoms with Gasteiger partial charge in [0.05, 0.1) is 13.0 Å². The van der Waals surface area contributed by atoms with Gasteiger partial charge in [-0.3, -0.25) is 18.9 Å². The molecule has 1 aromatic carbocycles. The zero-order chi connectivity index (χ0) is 21.8. The molecule has 0 bridgehead atoms. The third kappa shape index (κ3) is 4.66. The summed E-state index contributed by atoms with van der Waals surface area (Å²) in [5.41, 5.74) is 1.44. The van der Waals surface area contributed by atoms with Crippen molar-refractivity contribution >= 4 is 35.1 Å². The third-order valence-electron chi connectivity index (χ3n) is 5.07. The molecule has 31 heavy (non-hydrogen) atoms. The summed E-state index contributed by atoms with van der Waals surface area (Å²) < 4.78 is 1.90. The van der Waals surface area contributed by atoms with Gasteiger partial charge in [0.1, 0.15) is 11.9 Å². The Labute approximate surface area is 183 Å². The Morgan fingerprint density at radius 1 is 1.13 bits per heavy atom. The molecule has 2 N–H and O–H groups in total. The van der Waals surface area contributed by atoms with Crippen LogP contribution in [0, 0.1) is 0 Å². The number of fused-ring (bicyclic) bond motifs is 1. The van der Waals surface area contributed by atoms with E-state index in [1.54, 1.807) is 24.3 Å². The van der Waals surface area contributed by atoms with E-state index in [4.69, 9.17) is 11.6 Å². The van der Waals surface area contributed by atoms with Crippen LogP contribution in [0.3, 0.4) is 0 Å². The summed E-state index contributed by atoms with van der Waals surface area (Å²) in [6.07, 6.45) is 3.10. The fourth-order valence-corrected chi connectivity index (χ4v) is 3.65. The molecule has 1 unspecified atom stereocenters. The Bertz CT molecular complexity index is 1130. The van der Waals surface area contributed by atoms with Gasteiger partial charge in [0, 0.05) is 24.2 Å². The van der Waals surface area contributed by atoms with Crippen LogP contribution in [0.25, 0.3) is 5.65 Å². The van der Waals surface area contributed by atoms with E-state index in [0.717, 1.165) is 16.4 Å². The van der Waals surface area contributed by atoms with E-state index < -0.39 is 18.0 Å². The Kier molecular flexibility index (Phi) is 6.13. The molecule has 10 heteroatoms. The van der Waals surface area contributed by atoms with Crippen LogP contribution in [-0.2, 0) is 22.6 Å². The molecular formula is C21H21ClN6O3. The number of carbonyl (C=O) groups excluding carboxylic acids is 3. The van der Waals surface area contributed by atoms with E-state index in [-0.39, 0.29) is 18.9 Å². The maximum Gasteiger partial charge on any atom is 0.325 e. The Hall–Kier alpha value is -3.46. The van der Waals surface area contributed by atoms with Gasteiger partial charge in [0.25, 0.3) is 5.91 Å². The lowest BCUT2D eigenvalue weighted by Crippen LogP contribution is -2.36. The number of amides is 4. The second-order valence-corrected chi connectivity index (χ2v) is 7.63. The predicted molar refractivity (Wildman–Crippen MR) is 113 cm³/mol. The Morgan fingerprint density at radius 2 is 1.94 bits per heavy atom. The molecule has 1 atom stereocenters. The highest BCUT2D eigenvalue weighted by Gasteiger charge is 2.39. The minimum Gasteiger partial charge on any atom is -0.356 e. The lowest BCUT2D eigenvalue weighted by atomic mass is 10.1. The van der Waals surface area contributed by atoms with Gasteiger partial charge in [-0.05, 0) is 30.2 Å². The molecule has 160 valence electrons. The van der Waals surface area contributed by atoms with Crippen molar-refractivity contribution in [3.05, 3.63) is 65.1 Å². The van der Waals surface area contributed by atoms with Crippen LogP contribution in [0.5, 0.6) is 0 Å². The Morgan fingerprint density at radius 3 is 2.77 bits per heavy atom. The number of pyridine rings is 1. The fraction of sp³-hybridized carbons (Fsp3) is 0.286. The number of hydrogen-bond acceptors (Lipinski definition) is 5. The number of aryl methyl sites for hydroxylation is 1. The Balaban J connectivity index is 1.24. The van der Waals surface area contributed by atoms with Crippen LogP contribution in [0.4, 0.5) is 4.79 Å². The lowest BCUT2D eigenvalue weighted by molar-refractivity contribution is -0.131. The smallest absolute Gasteiger partial charge is 0.325 e. The first kappa shape index (κ1) is 20.8. The summed E-state index contributed by atoms with van der Waals surface area (Å²) in [5, 5.41) is 14.1. The maximum absolute atomic E-state index is 12.6. The molecule has 4 rings (SSSR count). The molecule has 0 saturated carbocycles. The molecule has 3 heterocycles. The first-order chi connectivity index (χ1) is 15.0. The minimum absolute atomic E-state index is 0.0643. The SMILES string of the molecule is O=C(CC1NC(=O)N(Cc2ccccc2Cl)C1=O)NCCCc1nnc2ccccn12. The van der Waals surface area contributed by atoms with Gasteiger partial charge in [0.2, 0.25) is 5.91 Å². The van der Waals surface area contributed by atoms with Crippen LogP contribution in [0.15, 0.2) is 48.7 Å². The molecule has 2 aromatic heterocycles. The van der Waals surface area contributed by atoms with Gasteiger partial charge in [-0.25, -0.2) is 4.79 Å². The summed E-state index contributed by atoms with van der Waals surface area (Å²) >= 11 is 6.12. The fourth-order valence-electron chi connectivity index (χ4n) is 3.46. The number of hydrogen-bond donors (Lipinski definition) is 2. The number of nitrogens with one attached hydrogen (secondary N) is 2. The second-order valence-electron chi connectivity index (χ2n) is 7.22. The molecule has 1 saturated heterocycles. The average Bonchev–Trinajstić information content (AvgIpc) is 3.29. The van der Waals surface area contributed by atoms with E-state index >= 15 is 0 Å². The number of carbonyl (C=O) groups is 3. The third-order valence-corrected chi connectivity index (χ3v) is 5.44. The van der Waals surface area contributed by atoms with Crippen LogP contribution in [0.1, 0.15) is 24.2 Å². The summed E-state index contributed by atoms with van der Waals surface area (Å²) in [6.45, 7) is 0.494.